The van der Waals surface area contributed by atoms with Gasteiger partial charge in [-0.15, -0.1) is 28.1 Å². The highest BCUT2D eigenvalue weighted by atomic mass is 35.5. The van der Waals surface area contributed by atoms with Crippen molar-refractivity contribution in [3.8, 4) is 17.0 Å². The summed E-state index contributed by atoms with van der Waals surface area (Å²) in [5, 5.41) is 15.0. The van der Waals surface area contributed by atoms with E-state index in [1.165, 1.54) is 41.3 Å². The summed E-state index contributed by atoms with van der Waals surface area (Å²) in [6.07, 6.45) is 1.68. The molecule has 0 aliphatic rings. The molecular weight excluding hydrogens is 568 g/mol. The third-order valence-corrected chi connectivity index (χ3v) is 7.21. The van der Waals surface area contributed by atoms with Crippen LogP contribution in [-0.2, 0) is 17.9 Å². The Morgan fingerprint density at radius 3 is 2.78 bits per heavy atom. The molecule has 2 aromatic carbocycles. The molecule has 2 aromatic heterocycles. The maximum absolute atomic E-state index is 13.2. The van der Waals surface area contributed by atoms with Crippen molar-refractivity contribution in [1.82, 2.24) is 19.7 Å². The molecule has 7 nitrogen and oxygen atoms in total. The number of anilines is 1. The van der Waals surface area contributed by atoms with E-state index in [0.717, 1.165) is 5.56 Å². The zero-order chi connectivity index (χ0) is 25.7. The van der Waals surface area contributed by atoms with Crippen LogP contribution in [0.4, 0.5) is 9.52 Å². The highest BCUT2D eigenvalue weighted by Gasteiger charge is 2.16. The van der Waals surface area contributed by atoms with E-state index in [0.29, 0.717) is 44.1 Å². The number of benzene rings is 2. The summed E-state index contributed by atoms with van der Waals surface area (Å²) in [5.74, 6) is 0.190. The van der Waals surface area contributed by atoms with Gasteiger partial charge in [0.25, 0.3) is 0 Å². The lowest BCUT2D eigenvalue weighted by molar-refractivity contribution is -0.113. The SMILES string of the molecule is C=CCn1c(COc2ccc(F)cc2Cl)nnc1SCC(=O)Nc1nc(-c2ccc(Cl)cc2Cl)cs1. The van der Waals surface area contributed by atoms with Crippen LogP contribution in [-0.4, -0.2) is 31.4 Å². The Morgan fingerprint density at radius 2 is 2.03 bits per heavy atom. The van der Waals surface area contributed by atoms with Gasteiger partial charge >= 0.3 is 0 Å². The van der Waals surface area contributed by atoms with Crippen LogP contribution in [0.2, 0.25) is 15.1 Å². The minimum absolute atomic E-state index is 0.0497. The van der Waals surface area contributed by atoms with E-state index < -0.39 is 5.82 Å². The van der Waals surface area contributed by atoms with Crippen molar-refractivity contribution in [2.24, 2.45) is 0 Å². The molecule has 0 aliphatic carbocycles. The molecule has 0 spiro atoms. The van der Waals surface area contributed by atoms with E-state index in [1.807, 2.05) is 0 Å². The van der Waals surface area contributed by atoms with Gasteiger partial charge in [0.2, 0.25) is 5.91 Å². The Hall–Kier alpha value is -2.63. The number of amides is 1. The number of aromatic nitrogens is 4. The molecule has 0 saturated heterocycles. The number of ether oxygens (including phenoxy) is 1. The van der Waals surface area contributed by atoms with Crippen molar-refractivity contribution >= 4 is 68.9 Å². The van der Waals surface area contributed by atoms with E-state index in [-0.39, 0.29) is 23.3 Å². The van der Waals surface area contributed by atoms with Crippen molar-refractivity contribution < 1.29 is 13.9 Å². The number of thioether (sulfide) groups is 1. The molecule has 0 saturated carbocycles. The Kier molecular flexibility index (Phi) is 8.86. The molecule has 4 rings (SSSR count). The molecule has 36 heavy (non-hydrogen) atoms. The number of hydrogen-bond donors (Lipinski definition) is 1. The van der Waals surface area contributed by atoms with Gasteiger partial charge in [-0.1, -0.05) is 52.6 Å². The first-order valence-electron chi connectivity index (χ1n) is 10.3. The third kappa shape index (κ3) is 6.57. The maximum atomic E-state index is 13.2. The number of thiazole rings is 1. The molecule has 0 fully saturated rings. The number of nitrogens with zero attached hydrogens (tertiary/aromatic N) is 4. The highest BCUT2D eigenvalue weighted by Crippen LogP contribution is 2.32. The summed E-state index contributed by atoms with van der Waals surface area (Å²) in [7, 11) is 0. The van der Waals surface area contributed by atoms with Crippen LogP contribution in [0.5, 0.6) is 5.75 Å². The highest BCUT2D eigenvalue weighted by molar-refractivity contribution is 7.99. The summed E-state index contributed by atoms with van der Waals surface area (Å²) in [5.41, 5.74) is 1.36. The average Bonchev–Trinajstić information content (AvgIpc) is 3.44. The summed E-state index contributed by atoms with van der Waals surface area (Å²) < 4.78 is 20.7. The molecule has 4 aromatic rings. The van der Waals surface area contributed by atoms with Crippen molar-refractivity contribution in [2.75, 3.05) is 11.1 Å². The average molecular weight is 585 g/mol. The summed E-state index contributed by atoms with van der Waals surface area (Å²) >= 11 is 20.7. The molecule has 2 heterocycles. The minimum Gasteiger partial charge on any atom is -0.484 e. The molecule has 1 amide bonds. The summed E-state index contributed by atoms with van der Waals surface area (Å²) in [6, 6.07) is 9.01. The fraction of sp³-hybridized carbons (Fsp3) is 0.130. The van der Waals surface area contributed by atoms with Crippen molar-refractivity contribution in [2.45, 2.75) is 18.3 Å². The van der Waals surface area contributed by atoms with Crippen LogP contribution in [0.1, 0.15) is 5.82 Å². The van der Waals surface area contributed by atoms with E-state index in [9.17, 15) is 9.18 Å². The van der Waals surface area contributed by atoms with Crippen molar-refractivity contribution in [1.29, 1.82) is 0 Å². The molecule has 0 unspecified atom stereocenters. The number of hydrogen-bond acceptors (Lipinski definition) is 7. The van der Waals surface area contributed by atoms with Crippen LogP contribution < -0.4 is 10.1 Å². The molecule has 0 bridgehead atoms. The van der Waals surface area contributed by atoms with Gasteiger partial charge in [-0.2, -0.15) is 0 Å². The van der Waals surface area contributed by atoms with Crippen molar-refractivity contribution in [3.05, 3.63) is 81.1 Å². The first kappa shape index (κ1) is 26.4. The summed E-state index contributed by atoms with van der Waals surface area (Å²) in [6.45, 7) is 4.21. The van der Waals surface area contributed by atoms with Gasteiger partial charge in [-0.3, -0.25) is 9.36 Å². The Balaban J connectivity index is 1.37. The molecule has 13 heteroatoms. The zero-order valence-corrected chi connectivity index (χ0v) is 22.3. The first-order chi connectivity index (χ1) is 17.3. The Labute approximate surface area is 229 Å². The zero-order valence-electron chi connectivity index (χ0n) is 18.4. The first-order valence-corrected chi connectivity index (χ1v) is 13.3. The van der Waals surface area contributed by atoms with E-state index in [4.69, 9.17) is 39.5 Å². The number of nitrogens with one attached hydrogen (secondary N) is 1. The van der Waals surface area contributed by atoms with Gasteiger partial charge in [0.05, 0.1) is 21.5 Å². The van der Waals surface area contributed by atoms with E-state index >= 15 is 0 Å². The number of carbonyl (C=O) groups excluding carboxylic acids is 1. The second kappa shape index (κ2) is 12.1. The topological polar surface area (TPSA) is 81.9 Å². The lowest BCUT2D eigenvalue weighted by atomic mass is 10.2. The largest absolute Gasteiger partial charge is 0.484 e. The van der Waals surface area contributed by atoms with Gasteiger partial charge in [-0.25, -0.2) is 9.37 Å². The number of carbonyl (C=O) groups is 1. The Bertz CT molecular complexity index is 1410. The van der Waals surface area contributed by atoms with Crippen LogP contribution in [0.25, 0.3) is 11.3 Å². The monoisotopic (exact) mass is 583 g/mol. The molecule has 0 radical (unpaired) electrons. The number of allylic oxidation sites excluding steroid dienone is 1. The summed E-state index contributed by atoms with van der Waals surface area (Å²) in [4.78, 5) is 17.0. The molecule has 1 N–H and O–H groups in total. The third-order valence-electron chi connectivity index (χ3n) is 4.65. The van der Waals surface area contributed by atoms with E-state index in [1.54, 1.807) is 34.2 Å². The van der Waals surface area contributed by atoms with Gasteiger partial charge in [-0.05, 0) is 36.4 Å². The maximum Gasteiger partial charge on any atom is 0.236 e. The van der Waals surface area contributed by atoms with Crippen LogP contribution in [0.15, 0.2) is 59.6 Å². The predicted molar refractivity (Wildman–Crippen MR) is 143 cm³/mol. The molecule has 186 valence electrons. The van der Waals surface area contributed by atoms with Crippen LogP contribution >= 0.6 is 57.9 Å². The normalized spacial score (nSPS) is 10.9. The van der Waals surface area contributed by atoms with Crippen LogP contribution in [0, 0.1) is 5.82 Å². The van der Waals surface area contributed by atoms with Gasteiger partial charge < -0.3 is 10.1 Å². The molecule has 0 aliphatic heterocycles. The van der Waals surface area contributed by atoms with Gasteiger partial charge in [0.15, 0.2) is 16.1 Å². The van der Waals surface area contributed by atoms with E-state index in [2.05, 4.69) is 27.1 Å². The quantitative estimate of drug-likeness (QED) is 0.160. The lowest BCUT2D eigenvalue weighted by Crippen LogP contribution is -2.15. The molecular formula is C23H17Cl3FN5O2S2. The van der Waals surface area contributed by atoms with Crippen LogP contribution in [0.3, 0.4) is 0 Å². The minimum atomic E-state index is -0.457. The molecule has 0 atom stereocenters. The smallest absolute Gasteiger partial charge is 0.236 e. The van der Waals surface area contributed by atoms with Gasteiger partial charge in [0, 0.05) is 22.5 Å². The lowest BCUT2D eigenvalue weighted by Gasteiger charge is -2.10. The number of rotatable bonds is 10. The fourth-order valence-electron chi connectivity index (χ4n) is 3.02. The second-order valence-corrected chi connectivity index (χ2v) is 10.2. The number of halogens is 4. The fourth-order valence-corrected chi connectivity index (χ4v) is 5.24. The van der Waals surface area contributed by atoms with Crippen molar-refractivity contribution in [3.63, 3.8) is 0 Å². The predicted octanol–water partition coefficient (Wildman–Crippen LogP) is 7.00. The second-order valence-electron chi connectivity index (χ2n) is 7.16. The standard InChI is InChI=1S/C23H17Cl3FN5O2S2/c1-2-7-32-20(10-34-19-6-4-14(27)9-17(19)26)30-31-23(32)36-12-21(33)29-22-28-18(11-35-22)15-5-3-13(24)8-16(15)25/h2-6,8-9,11H,1,7,10,12H2,(H,28,29,33). The Morgan fingerprint density at radius 1 is 1.19 bits per heavy atom. The van der Waals surface area contributed by atoms with Gasteiger partial charge in [0.1, 0.15) is 18.2 Å².